The molecule has 20 heavy (non-hydrogen) atoms. The van der Waals surface area contributed by atoms with Crippen molar-refractivity contribution >= 4 is 16.3 Å². The first-order chi connectivity index (χ1) is 9.72. The molecular formula is C12H10N6OS. The van der Waals surface area contributed by atoms with Gasteiger partial charge in [-0.3, -0.25) is 4.68 Å². The maximum absolute atomic E-state index is 5.32. The van der Waals surface area contributed by atoms with Crippen molar-refractivity contribution in [2.75, 3.05) is 0 Å². The van der Waals surface area contributed by atoms with E-state index in [2.05, 4.69) is 20.4 Å². The first-order valence-corrected chi connectivity index (χ1v) is 6.80. The van der Waals surface area contributed by atoms with Gasteiger partial charge in [0, 0.05) is 13.2 Å². The first kappa shape index (κ1) is 11.4. The molecule has 0 aromatic carbocycles. The number of nitrogens with zero attached hydrogens (tertiary/aromatic N) is 6. The fourth-order valence-corrected chi connectivity index (χ4v) is 2.96. The lowest BCUT2D eigenvalue weighted by Gasteiger charge is -1.92. The topological polar surface area (TPSA) is 74.0 Å². The molecule has 0 unspecified atom stereocenters. The van der Waals surface area contributed by atoms with Gasteiger partial charge in [-0.05, 0) is 13.0 Å². The van der Waals surface area contributed by atoms with Crippen molar-refractivity contribution in [1.29, 1.82) is 0 Å². The molecule has 0 fully saturated rings. The van der Waals surface area contributed by atoms with E-state index < -0.39 is 0 Å². The second-order valence-electron chi connectivity index (χ2n) is 4.42. The van der Waals surface area contributed by atoms with Gasteiger partial charge in [0.15, 0.2) is 10.8 Å². The molecule has 4 rings (SSSR count). The van der Waals surface area contributed by atoms with Crippen LogP contribution in [0.1, 0.15) is 5.76 Å². The summed E-state index contributed by atoms with van der Waals surface area (Å²) in [5.74, 6) is 1.54. The van der Waals surface area contributed by atoms with Gasteiger partial charge in [-0.15, -0.1) is 10.2 Å². The summed E-state index contributed by atoms with van der Waals surface area (Å²) in [5.41, 5.74) is 1.87. The first-order valence-electron chi connectivity index (χ1n) is 5.98. The van der Waals surface area contributed by atoms with Crippen LogP contribution in [-0.4, -0.2) is 29.6 Å². The summed E-state index contributed by atoms with van der Waals surface area (Å²) >= 11 is 1.48. The molecule has 0 saturated carbocycles. The Morgan fingerprint density at radius 3 is 2.90 bits per heavy atom. The highest BCUT2D eigenvalue weighted by Gasteiger charge is 2.17. The number of aromatic nitrogens is 6. The average molecular weight is 286 g/mol. The van der Waals surface area contributed by atoms with Gasteiger partial charge < -0.3 is 4.42 Å². The third-order valence-electron chi connectivity index (χ3n) is 3.04. The van der Waals surface area contributed by atoms with E-state index in [1.807, 2.05) is 26.2 Å². The molecule has 0 aliphatic carbocycles. The minimum atomic E-state index is 0.691. The lowest BCUT2D eigenvalue weighted by atomic mass is 10.3. The SMILES string of the molecule is Cc1occc1-c1nn2c(-c3cnn(C)c3)nnc2s1. The number of hydrogen-bond acceptors (Lipinski definition) is 6. The molecule has 4 heterocycles. The smallest absolute Gasteiger partial charge is 0.235 e. The highest BCUT2D eigenvalue weighted by atomic mass is 32.1. The van der Waals surface area contributed by atoms with E-state index in [1.54, 1.807) is 21.7 Å². The molecule has 8 heteroatoms. The third-order valence-corrected chi connectivity index (χ3v) is 3.98. The van der Waals surface area contributed by atoms with Gasteiger partial charge in [-0.1, -0.05) is 11.3 Å². The van der Waals surface area contributed by atoms with Crippen molar-refractivity contribution in [3.63, 3.8) is 0 Å². The molecule has 0 aliphatic heterocycles. The van der Waals surface area contributed by atoms with Crippen molar-refractivity contribution in [2.24, 2.45) is 7.05 Å². The van der Waals surface area contributed by atoms with E-state index in [0.717, 1.165) is 26.9 Å². The minimum absolute atomic E-state index is 0.691. The summed E-state index contributed by atoms with van der Waals surface area (Å²) in [5, 5.41) is 17.9. The normalized spacial score (nSPS) is 11.5. The van der Waals surface area contributed by atoms with Crippen LogP contribution in [0.3, 0.4) is 0 Å². The molecule has 0 radical (unpaired) electrons. The Kier molecular flexibility index (Phi) is 2.27. The summed E-state index contributed by atoms with van der Waals surface area (Å²) in [4.78, 5) is 0.749. The highest BCUT2D eigenvalue weighted by Crippen LogP contribution is 2.30. The number of rotatable bonds is 2. The van der Waals surface area contributed by atoms with Crippen LogP contribution >= 0.6 is 11.3 Å². The van der Waals surface area contributed by atoms with Gasteiger partial charge in [-0.2, -0.15) is 14.7 Å². The van der Waals surface area contributed by atoms with E-state index in [1.165, 1.54) is 11.3 Å². The summed E-state index contributed by atoms with van der Waals surface area (Å²) in [6.45, 7) is 1.92. The maximum atomic E-state index is 5.32. The van der Waals surface area contributed by atoms with Crippen molar-refractivity contribution in [3.8, 4) is 22.0 Å². The summed E-state index contributed by atoms with van der Waals surface area (Å²) in [6.07, 6.45) is 5.30. The van der Waals surface area contributed by atoms with Crippen molar-refractivity contribution in [3.05, 3.63) is 30.5 Å². The molecule has 4 aromatic heterocycles. The molecule has 0 N–H and O–H groups in total. The standard InChI is InChI=1S/C12H10N6OS/c1-7-9(3-4-19-7)11-16-18-10(14-15-12(18)20-11)8-5-13-17(2)6-8/h3-6H,1-2H3. The van der Waals surface area contributed by atoms with Crippen LogP contribution in [0.15, 0.2) is 29.1 Å². The van der Waals surface area contributed by atoms with Crippen molar-refractivity contribution < 1.29 is 4.42 Å². The second-order valence-corrected chi connectivity index (χ2v) is 5.37. The summed E-state index contributed by atoms with van der Waals surface area (Å²) in [7, 11) is 1.86. The molecule has 4 aromatic rings. The predicted octanol–water partition coefficient (Wildman–Crippen LogP) is 2.15. The maximum Gasteiger partial charge on any atom is 0.235 e. The predicted molar refractivity (Wildman–Crippen MR) is 73.3 cm³/mol. The van der Waals surface area contributed by atoms with E-state index in [0.29, 0.717) is 5.82 Å². The Labute approximate surface area is 117 Å². The number of fused-ring (bicyclic) bond motifs is 1. The molecule has 0 spiro atoms. The Bertz CT molecular complexity index is 898. The Balaban J connectivity index is 1.89. The van der Waals surface area contributed by atoms with E-state index in [-0.39, 0.29) is 0 Å². The Morgan fingerprint density at radius 1 is 1.30 bits per heavy atom. The van der Waals surface area contributed by atoms with Gasteiger partial charge in [0.25, 0.3) is 0 Å². The number of hydrogen-bond donors (Lipinski definition) is 0. The lowest BCUT2D eigenvalue weighted by molar-refractivity contribution is 0.535. The molecule has 7 nitrogen and oxygen atoms in total. The second kappa shape index (κ2) is 4.01. The Morgan fingerprint density at radius 2 is 2.20 bits per heavy atom. The average Bonchev–Trinajstić information content (AvgIpc) is 3.11. The molecule has 0 amide bonds. The van der Waals surface area contributed by atoms with Crippen LogP contribution in [-0.2, 0) is 7.05 Å². The van der Waals surface area contributed by atoms with E-state index >= 15 is 0 Å². The van der Waals surface area contributed by atoms with Gasteiger partial charge in [-0.25, -0.2) is 0 Å². The number of aryl methyl sites for hydroxylation is 2. The largest absolute Gasteiger partial charge is 0.469 e. The fraction of sp³-hybridized carbons (Fsp3) is 0.167. The molecule has 100 valence electrons. The number of furan rings is 1. The van der Waals surface area contributed by atoms with Crippen LogP contribution in [0, 0.1) is 6.92 Å². The zero-order valence-corrected chi connectivity index (χ0v) is 11.6. The third kappa shape index (κ3) is 1.58. The van der Waals surface area contributed by atoms with Crippen LogP contribution in [0.5, 0.6) is 0 Å². The van der Waals surface area contributed by atoms with E-state index in [4.69, 9.17) is 4.42 Å². The van der Waals surface area contributed by atoms with Gasteiger partial charge >= 0.3 is 0 Å². The minimum Gasteiger partial charge on any atom is -0.469 e. The quantitative estimate of drug-likeness (QED) is 0.564. The van der Waals surface area contributed by atoms with Crippen LogP contribution in [0.2, 0.25) is 0 Å². The Hall–Kier alpha value is -2.48. The summed E-state index contributed by atoms with van der Waals surface area (Å²) in [6, 6.07) is 1.91. The van der Waals surface area contributed by atoms with Crippen molar-refractivity contribution in [1.82, 2.24) is 29.6 Å². The zero-order chi connectivity index (χ0) is 13.7. The van der Waals surface area contributed by atoms with Gasteiger partial charge in [0.2, 0.25) is 4.96 Å². The molecule has 0 atom stereocenters. The van der Waals surface area contributed by atoms with Crippen LogP contribution in [0.25, 0.3) is 26.9 Å². The molecule has 0 bridgehead atoms. The monoisotopic (exact) mass is 286 g/mol. The molecule has 0 aliphatic rings. The molecule has 0 saturated heterocycles. The highest BCUT2D eigenvalue weighted by molar-refractivity contribution is 7.19. The fourth-order valence-electron chi connectivity index (χ4n) is 2.05. The van der Waals surface area contributed by atoms with Crippen LogP contribution < -0.4 is 0 Å². The van der Waals surface area contributed by atoms with E-state index in [9.17, 15) is 0 Å². The van der Waals surface area contributed by atoms with Gasteiger partial charge in [0.1, 0.15) is 5.76 Å². The van der Waals surface area contributed by atoms with Crippen LogP contribution in [0.4, 0.5) is 0 Å². The zero-order valence-electron chi connectivity index (χ0n) is 10.8. The van der Waals surface area contributed by atoms with Gasteiger partial charge in [0.05, 0.1) is 23.6 Å². The van der Waals surface area contributed by atoms with Crippen molar-refractivity contribution in [2.45, 2.75) is 6.92 Å². The summed E-state index contributed by atoms with van der Waals surface area (Å²) < 4.78 is 8.78. The lowest BCUT2D eigenvalue weighted by Crippen LogP contribution is -1.90. The molecular weight excluding hydrogens is 276 g/mol.